The van der Waals surface area contributed by atoms with Gasteiger partial charge in [0.2, 0.25) is 0 Å². The van der Waals surface area contributed by atoms with Crippen LogP contribution in [0.3, 0.4) is 0 Å². The molecule has 0 bridgehead atoms. The van der Waals surface area contributed by atoms with Crippen molar-refractivity contribution in [3.8, 4) is 0 Å². The van der Waals surface area contributed by atoms with Gasteiger partial charge in [-0.2, -0.15) is 0 Å². The Morgan fingerprint density at radius 3 is 1.94 bits per heavy atom. The summed E-state index contributed by atoms with van der Waals surface area (Å²) in [5, 5.41) is 3.55. The third kappa shape index (κ3) is 5.31. The van der Waals surface area contributed by atoms with Crippen LogP contribution in [-0.2, 0) is 0 Å². The molecule has 1 N–H and O–H groups in total. The number of hydrogen-bond acceptors (Lipinski definition) is 2. The number of nitrogens with one attached hydrogen (secondary N) is 1. The van der Waals surface area contributed by atoms with Crippen molar-refractivity contribution in [3.05, 3.63) is 0 Å². The zero-order valence-corrected chi connectivity index (χ0v) is 12.4. The summed E-state index contributed by atoms with van der Waals surface area (Å²) in [6.45, 7) is 16.0. The van der Waals surface area contributed by atoms with Crippen LogP contribution in [0, 0.1) is 11.8 Å². The van der Waals surface area contributed by atoms with Crippen LogP contribution in [0.1, 0.15) is 48.0 Å². The number of hydrogen-bond donors (Lipinski definition) is 1. The fourth-order valence-electron chi connectivity index (χ4n) is 2.05. The maximum absolute atomic E-state index is 3.55. The molecule has 0 aromatic carbocycles. The lowest BCUT2D eigenvalue weighted by molar-refractivity contribution is 0.114. The van der Waals surface area contributed by atoms with E-state index in [0.29, 0.717) is 18.0 Å². The van der Waals surface area contributed by atoms with E-state index in [4.69, 9.17) is 0 Å². The van der Waals surface area contributed by atoms with Crippen molar-refractivity contribution < 1.29 is 0 Å². The summed E-state index contributed by atoms with van der Waals surface area (Å²) in [5.74, 6) is 1.42. The summed E-state index contributed by atoms with van der Waals surface area (Å²) < 4.78 is 0. The molecule has 0 radical (unpaired) electrons. The average Bonchev–Trinajstić information content (AvgIpc) is 2.21. The molecule has 0 amide bonds. The number of likely N-dealkylation sites (N-methyl/N-ethyl adjacent to an activating group) is 1. The molecule has 0 aliphatic rings. The highest BCUT2D eigenvalue weighted by atomic mass is 15.2. The third-order valence-electron chi connectivity index (χ3n) is 3.68. The predicted octanol–water partition coefficient (Wildman–Crippen LogP) is 2.99. The van der Waals surface area contributed by atoms with Gasteiger partial charge >= 0.3 is 0 Å². The summed E-state index contributed by atoms with van der Waals surface area (Å²) in [6, 6.07) is 1.29. The van der Waals surface area contributed by atoms with E-state index < -0.39 is 0 Å². The van der Waals surface area contributed by atoms with Crippen molar-refractivity contribution >= 4 is 0 Å². The Balaban J connectivity index is 4.28. The van der Waals surface area contributed by atoms with Crippen molar-refractivity contribution in [2.24, 2.45) is 11.8 Å². The fourth-order valence-corrected chi connectivity index (χ4v) is 2.05. The molecule has 0 heterocycles. The SMILES string of the molecule is CCCNCC(C(C)C)N(C)C(C)C(C)C. The Morgan fingerprint density at radius 1 is 1.00 bits per heavy atom. The molecule has 0 aliphatic carbocycles. The van der Waals surface area contributed by atoms with Crippen LogP contribution in [0.4, 0.5) is 0 Å². The molecular weight excluding hydrogens is 196 g/mol. The van der Waals surface area contributed by atoms with Crippen molar-refractivity contribution in [3.63, 3.8) is 0 Å². The molecule has 0 rings (SSSR count). The maximum Gasteiger partial charge on any atom is 0.0243 e. The van der Waals surface area contributed by atoms with Crippen LogP contribution in [0.15, 0.2) is 0 Å². The van der Waals surface area contributed by atoms with Gasteiger partial charge in [-0.05, 0) is 38.8 Å². The molecule has 0 saturated carbocycles. The molecule has 0 aromatic heterocycles. The van der Waals surface area contributed by atoms with E-state index in [-0.39, 0.29) is 0 Å². The first-order chi connectivity index (χ1) is 7.41. The zero-order valence-electron chi connectivity index (χ0n) is 12.4. The van der Waals surface area contributed by atoms with Gasteiger partial charge in [-0.3, -0.25) is 4.90 Å². The summed E-state index contributed by atoms with van der Waals surface area (Å²) in [5.41, 5.74) is 0. The summed E-state index contributed by atoms with van der Waals surface area (Å²) in [6.07, 6.45) is 1.22. The molecular formula is C14H32N2. The Kier molecular flexibility index (Phi) is 8.04. The largest absolute Gasteiger partial charge is 0.315 e. The predicted molar refractivity (Wildman–Crippen MR) is 73.8 cm³/mol. The highest BCUT2D eigenvalue weighted by Crippen LogP contribution is 2.16. The first-order valence-electron chi connectivity index (χ1n) is 6.84. The van der Waals surface area contributed by atoms with Crippen LogP contribution >= 0.6 is 0 Å². The van der Waals surface area contributed by atoms with Gasteiger partial charge in [0, 0.05) is 18.6 Å². The van der Waals surface area contributed by atoms with Crippen molar-refractivity contribution in [1.82, 2.24) is 10.2 Å². The van der Waals surface area contributed by atoms with Crippen LogP contribution < -0.4 is 5.32 Å². The second-order valence-electron chi connectivity index (χ2n) is 5.67. The molecule has 0 saturated heterocycles. The third-order valence-corrected chi connectivity index (χ3v) is 3.68. The Morgan fingerprint density at radius 2 is 1.56 bits per heavy atom. The van der Waals surface area contributed by atoms with E-state index in [2.05, 4.69) is 58.8 Å². The van der Waals surface area contributed by atoms with E-state index in [1.807, 2.05) is 0 Å². The standard InChI is InChI=1S/C14H32N2/c1-8-9-15-10-14(12(4)5)16(7)13(6)11(2)3/h11-15H,8-10H2,1-7H3. The molecule has 16 heavy (non-hydrogen) atoms. The minimum absolute atomic E-state index is 0.643. The van der Waals surface area contributed by atoms with E-state index in [1.165, 1.54) is 6.42 Å². The highest BCUT2D eigenvalue weighted by Gasteiger charge is 2.23. The summed E-state index contributed by atoms with van der Waals surface area (Å²) in [4.78, 5) is 2.54. The molecule has 2 heteroatoms. The van der Waals surface area contributed by atoms with Crippen LogP contribution in [-0.4, -0.2) is 37.1 Å². The highest BCUT2D eigenvalue weighted by molar-refractivity contribution is 4.79. The molecule has 2 unspecified atom stereocenters. The smallest absolute Gasteiger partial charge is 0.0243 e. The number of rotatable bonds is 8. The molecule has 0 spiro atoms. The van der Waals surface area contributed by atoms with Crippen molar-refractivity contribution in [2.75, 3.05) is 20.1 Å². The molecule has 2 atom stereocenters. The van der Waals surface area contributed by atoms with Gasteiger partial charge in [0.1, 0.15) is 0 Å². The monoisotopic (exact) mass is 228 g/mol. The van der Waals surface area contributed by atoms with E-state index >= 15 is 0 Å². The topological polar surface area (TPSA) is 15.3 Å². The minimum Gasteiger partial charge on any atom is -0.315 e. The number of nitrogens with zero attached hydrogens (tertiary/aromatic N) is 1. The lowest BCUT2D eigenvalue weighted by Gasteiger charge is -2.37. The quantitative estimate of drug-likeness (QED) is 0.643. The molecule has 2 nitrogen and oxygen atoms in total. The molecule has 0 aromatic rings. The van der Waals surface area contributed by atoms with Gasteiger partial charge in [0.25, 0.3) is 0 Å². The van der Waals surface area contributed by atoms with Crippen LogP contribution in [0.25, 0.3) is 0 Å². The van der Waals surface area contributed by atoms with Crippen LogP contribution in [0.5, 0.6) is 0 Å². The van der Waals surface area contributed by atoms with Gasteiger partial charge in [-0.1, -0.05) is 34.6 Å². The van der Waals surface area contributed by atoms with Crippen molar-refractivity contribution in [2.45, 2.75) is 60.0 Å². The molecule has 0 aliphatic heterocycles. The lowest BCUT2D eigenvalue weighted by Crippen LogP contribution is -2.49. The maximum atomic E-state index is 3.55. The average molecular weight is 228 g/mol. The first kappa shape index (κ1) is 15.9. The summed E-state index contributed by atoms with van der Waals surface area (Å²) in [7, 11) is 2.27. The molecule has 0 fully saturated rings. The fraction of sp³-hybridized carbons (Fsp3) is 1.00. The van der Waals surface area contributed by atoms with E-state index in [1.54, 1.807) is 0 Å². The van der Waals surface area contributed by atoms with Gasteiger partial charge in [0.15, 0.2) is 0 Å². The minimum atomic E-state index is 0.643. The lowest BCUT2D eigenvalue weighted by atomic mass is 9.97. The van der Waals surface area contributed by atoms with Gasteiger partial charge < -0.3 is 5.32 Å². The van der Waals surface area contributed by atoms with Gasteiger partial charge in [-0.15, -0.1) is 0 Å². The van der Waals surface area contributed by atoms with Gasteiger partial charge in [-0.25, -0.2) is 0 Å². The van der Waals surface area contributed by atoms with Crippen LogP contribution in [0.2, 0.25) is 0 Å². The Hall–Kier alpha value is -0.0800. The second-order valence-corrected chi connectivity index (χ2v) is 5.67. The van der Waals surface area contributed by atoms with Crippen molar-refractivity contribution in [1.29, 1.82) is 0 Å². The normalized spacial score (nSPS) is 16.1. The zero-order chi connectivity index (χ0) is 12.7. The van der Waals surface area contributed by atoms with Gasteiger partial charge in [0.05, 0.1) is 0 Å². The second kappa shape index (κ2) is 8.08. The molecule has 98 valence electrons. The van der Waals surface area contributed by atoms with E-state index in [9.17, 15) is 0 Å². The van der Waals surface area contributed by atoms with E-state index in [0.717, 1.165) is 19.0 Å². The summed E-state index contributed by atoms with van der Waals surface area (Å²) >= 11 is 0. The Labute approximate surface area is 103 Å². The Bertz CT molecular complexity index is 166. The first-order valence-corrected chi connectivity index (χ1v) is 6.84.